The first-order valence-electron chi connectivity index (χ1n) is 5.97. The number of benzene rings is 1. The monoisotopic (exact) mass is 217 g/mol. The van der Waals surface area contributed by atoms with Crippen LogP contribution in [0.4, 0.5) is 5.69 Å². The number of anilines is 1. The minimum Gasteiger partial charge on any atom is -0.378 e. The maximum atomic E-state index is 12.0. The summed E-state index contributed by atoms with van der Waals surface area (Å²) in [5.74, 6) is 0.948. The number of carbonyl (C=O) groups is 1. The van der Waals surface area contributed by atoms with E-state index >= 15 is 0 Å². The second-order valence-electron chi connectivity index (χ2n) is 4.87. The Hall–Kier alpha value is -1.31. The quantitative estimate of drug-likeness (QED) is 0.722. The Labute approximate surface area is 97.3 Å². The van der Waals surface area contributed by atoms with Gasteiger partial charge in [-0.2, -0.15) is 0 Å². The molecule has 16 heavy (non-hydrogen) atoms. The average molecular weight is 217 g/mol. The number of Topliss-reactive ketones (excluding diaryl/α,β-unsaturated/α-hetero) is 1. The van der Waals surface area contributed by atoms with Crippen molar-refractivity contribution in [2.24, 2.45) is 5.92 Å². The van der Waals surface area contributed by atoms with Gasteiger partial charge in [0.1, 0.15) is 0 Å². The van der Waals surface area contributed by atoms with Crippen LogP contribution in [0.2, 0.25) is 0 Å². The fourth-order valence-electron chi connectivity index (χ4n) is 2.03. The molecule has 0 radical (unpaired) electrons. The molecule has 86 valence electrons. The predicted octanol–water partition coefficient (Wildman–Crippen LogP) is 3.13. The minimum atomic E-state index is 0.299. The summed E-state index contributed by atoms with van der Waals surface area (Å²) in [6.07, 6.45) is 4.50. The number of carbonyl (C=O) groups excluding carboxylic acids is 1. The van der Waals surface area contributed by atoms with Gasteiger partial charge in [-0.1, -0.05) is 31.4 Å². The van der Waals surface area contributed by atoms with Gasteiger partial charge in [-0.05, 0) is 18.1 Å². The fraction of sp³-hybridized carbons (Fsp3) is 0.500. The molecule has 0 atom stereocenters. The highest BCUT2D eigenvalue weighted by atomic mass is 16.1. The van der Waals surface area contributed by atoms with Crippen molar-refractivity contribution in [3.63, 3.8) is 0 Å². The van der Waals surface area contributed by atoms with E-state index in [1.165, 1.54) is 19.3 Å². The molecule has 0 heterocycles. The van der Waals surface area contributed by atoms with E-state index in [-0.39, 0.29) is 0 Å². The summed E-state index contributed by atoms with van der Waals surface area (Å²) >= 11 is 0. The first-order chi connectivity index (χ1) is 7.66. The highest BCUT2D eigenvalue weighted by Crippen LogP contribution is 2.30. The molecule has 2 heteroatoms. The van der Waals surface area contributed by atoms with Gasteiger partial charge in [0.25, 0.3) is 0 Å². The van der Waals surface area contributed by atoms with Crippen LogP contribution in [-0.2, 0) is 0 Å². The Morgan fingerprint density at radius 2 is 2.12 bits per heavy atom. The third-order valence-electron chi connectivity index (χ3n) is 3.38. The molecule has 0 bridgehead atoms. The van der Waals surface area contributed by atoms with E-state index in [0.29, 0.717) is 11.7 Å². The van der Waals surface area contributed by atoms with Gasteiger partial charge in [-0.3, -0.25) is 4.79 Å². The van der Waals surface area contributed by atoms with Crippen molar-refractivity contribution >= 4 is 11.5 Å². The van der Waals surface area contributed by atoms with Crippen LogP contribution in [-0.4, -0.2) is 19.9 Å². The Balaban J connectivity index is 2.06. The Bertz CT molecular complexity index is 380. The lowest BCUT2D eigenvalue weighted by Gasteiger charge is -2.24. The molecular weight excluding hydrogens is 198 g/mol. The third kappa shape index (κ3) is 2.43. The molecule has 0 aliphatic heterocycles. The van der Waals surface area contributed by atoms with E-state index in [2.05, 4.69) is 0 Å². The number of ketones is 1. The molecule has 0 unspecified atom stereocenters. The summed E-state index contributed by atoms with van der Waals surface area (Å²) in [4.78, 5) is 14.0. The van der Waals surface area contributed by atoms with Gasteiger partial charge in [-0.25, -0.2) is 0 Å². The number of hydrogen-bond donors (Lipinski definition) is 0. The Morgan fingerprint density at radius 1 is 1.38 bits per heavy atom. The molecule has 1 fully saturated rings. The van der Waals surface area contributed by atoms with Crippen molar-refractivity contribution in [3.05, 3.63) is 29.8 Å². The smallest absolute Gasteiger partial charge is 0.163 e. The normalized spacial score (nSPS) is 15.6. The zero-order valence-corrected chi connectivity index (χ0v) is 10.1. The highest BCUT2D eigenvalue weighted by molar-refractivity contribution is 5.97. The van der Waals surface area contributed by atoms with Crippen LogP contribution in [0.5, 0.6) is 0 Å². The van der Waals surface area contributed by atoms with Gasteiger partial charge in [0.05, 0.1) is 0 Å². The summed E-state index contributed by atoms with van der Waals surface area (Å²) in [5.41, 5.74) is 1.96. The number of rotatable bonds is 4. The summed E-state index contributed by atoms with van der Waals surface area (Å²) < 4.78 is 0. The molecule has 1 aliphatic carbocycles. The standard InChI is InChI=1S/C14H19NO/c1-15(2)13-8-4-7-12(10-13)14(16)9-11-5-3-6-11/h4,7-8,10-11H,3,5-6,9H2,1-2H3. The molecular formula is C14H19NO. The van der Waals surface area contributed by atoms with Crippen LogP contribution in [0.3, 0.4) is 0 Å². The van der Waals surface area contributed by atoms with Gasteiger partial charge < -0.3 is 4.90 Å². The zero-order chi connectivity index (χ0) is 11.5. The van der Waals surface area contributed by atoms with E-state index < -0.39 is 0 Å². The molecule has 1 aromatic rings. The molecule has 1 aliphatic rings. The van der Waals surface area contributed by atoms with Crippen molar-refractivity contribution in [1.82, 2.24) is 0 Å². The van der Waals surface area contributed by atoms with E-state index in [4.69, 9.17) is 0 Å². The second kappa shape index (κ2) is 4.69. The zero-order valence-electron chi connectivity index (χ0n) is 10.1. The van der Waals surface area contributed by atoms with Gasteiger partial charge in [-0.15, -0.1) is 0 Å². The Morgan fingerprint density at radius 3 is 2.69 bits per heavy atom. The number of nitrogens with zero attached hydrogens (tertiary/aromatic N) is 1. The lowest BCUT2D eigenvalue weighted by molar-refractivity contribution is 0.0936. The lowest BCUT2D eigenvalue weighted by Crippen LogP contribution is -2.16. The van der Waals surface area contributed by atoms with Crippen LogP contribution in [0, 0.1) is 5.92 Å². The maximum absolute atomic E-state index is 12.0. The Kier molecular flexibility index (Phi) is 3.28. The summed E-state index contributed by atoms with van der Waals surface area (Å²) in [7, 11) is 3.99. The topological polar surface area (TPSA) is 20.3 Å². The van der Waals surface area contributed by atoms with Gasteiger partial charge in [0.2, 0.25) is 0 Å². The number of hydrogen-bond acceptors (Lipinski definition) is 2. The molecule has 2 nitrogen and oxygen atoms in total. The van der Waals surface area contributed by atoms with E-state index in [9.17, 15) is 4.79 Å². The van der Waals surface area contributed by atoms with Crippen LogP contribution in [0.1, 0.15) is 36.0 Å². The van der Waals surface area contributed by atoms with E-state index in [1.54, 1.807) is 0 Å². The highest BCUT2D eigenvalue weighted by Gasteiger charge is 2.21. The first kappa shape index (κ1) is 11.2. The van der Waals surface area contributed by atoms with Crippen LogP contribution >= 0.6 is 0 Å². The minimum absolute atomic E-state index is 0.299. The van der Waals surface area contributed by atoms with E-state index in [1.807, 2.05) is 43.3 Å². The van der Waals surface area contributed by atoms with E-state index in [0.717, 1.165) is 17.7 Å². The van der Waals surface area contributed by atoms with Crippen molar-refractivity contribution in [2.45, 2.75) is 25.7 Å². The summed E-state index contributed by atoms with van der Waals surface area (Å²) in [6.45, 7) is 0. The molecule has 2 rings (SSSR count). The van der Waals surface area contributed by atoms with Crippen LogP contribution < -0.4 is 4.90 Å². The molecule has 1 saturated carbocycles. The first-order valence-corrected chi connectivity index (χ1v) is 5.97. The van der Waals surface area contributed by atoms with Gasteiger partial charge in [0.15, 0.2) is 5.78 Å². The van der Waals surface area contributed by atoms with Crippen molar-refractivity contribution in [3.8, 4) is 0 Å². The SMILES string of the molecule is CN(C)c1cccc(C(=O)CC2CCC2)c1. The molecule has 0 spiro atoms. The van der Waals surface area contributed by atoms with Crippen molar-refractivity contribution in [1.29, 1.82) is 0 Å². The van der Waals surface area contributed by atoms with Crippen LogP contribution in [0.15, 0.2) is 24.3 Å². The molecule has 0 saturated heterocycles. The molecule has 1 aromatic carbocycles. The molecule has 0 N–H and O–H groups in total. The molecule has 0 amide bonds. The van der Waals surface area contributed by atoms with Gasteiger partial charge >= 0.3 is 0 Å². The predicted molar refractivity (Wildman–Crippen MR) is 67.1 cm³/mol. The summed E-state index contributed by atoms with van der Waals surface area (Å²) in [5, 5.41) is 0. The van der Waals surface area contributed by atoms with Gasteiger partial charge in [0, 0.05) is 31.8 Å². The summed E-state index contributed by atoms with van der Waals surface area (Å²) in [6, 6.07) is 7.90. The largest absolute Gasteiger partial charge is 0.378 e. The fourth-order valence-corrected chi connectivity index (χ4v) is 2.03. The maximum Gasteiger partial charge on any atom is 0.163 e. The van der Waals surface area contributed by atoms with Crippen molar-refractivity contribution < 1.29 is 4.79 Å². The second-order valence-corrected chi connectivity index (χ2v) is 4.87. The van der Waals surface area contributed by atoms with Crippen LogP contribution in [0.25, 0.3) is 0 Å². The molecule has 0 aromatic heterocycles. The third-order valence-corrected chi connectivity index (χ3v) is 3.38. The van der Waals surface area contributed by atoms with Crippen molar-refractivity contribution in [2.75, 3.05) is 19.0 Å². The lowest BCUT2D eigenvalue weighted by atomic mass is 9.81. The average Bonchev–Trinajstić information content (AvgIpc) is 2.23.